The zero-order valence-corrected chi connectivity index (χ0v) is 10.5. The van der Waals surface area contributed by atoms with Crippen LogP contribution in [0.5, 0.6) is 0 Å². The molecule has 1 aliphatic heterocycles. The predicted octanol–water partition coefficient (Wildman–Crippen LogP) is 1.21. The smallest absolute Gasteiger partial charge is 0.306 e. The first kappa shape index (κ1) is 13.4. The van der Waals surface area contributed by atoms with Crippen LogP contribution < -0.4 is 0 Å². The van der Waals surface area contributed by atoms with Crippen LogP contribution in [0.1, 0.15) is 32.6 Å². The summed E-state index contributed by atoms with van der Waals surface area (Å²) in [5.74, 6) is -0.540. The highest BCUT2D eigenvalue weighted by Crippen LogP contribution is 2.28. The first-order valence-corrected chi connectivity index (χ1v) is 5.78. The summed E-state index contributed by atoms with van der Waals surface area (Å²) in [7, 11) is 2.10. The van der Waals surface area contributed by atoms with Crippen LogP contribution in [0.25, 0.3) is 0 Å². The van der Waals surface area contributed by atoms with Crippen LogP contribution in [0.15, 0.2) is 0 Å². The van der Waals surface area contributed by atoms with Crippen LogP contribution in [0, 0.1) is 0 Å². The molecular weight excluding hydrogens is 231 g/mol. The molecule has 0 spiro atoms. The number of carbonyl (C=O) groups excluding carboxylic acids is 2. The summed E-state index contributed by atoms with van der Waals surface area (Å²) in [5.41, 5.74) is -0.789. The van der Waals surface area contributed by atoms with Crippen molar-refractivity contribution in [1.29, 1.82) is 0 Å². The molecule has 1 fully saturated rings. The molecule has 2 unspecified atom stereocenters. The molecule has 1 rings (SSSR count). The Kier molecular flexibility index (Phi) is 5.16. The third kappa shape index (κ3) is 3.72. The quantitative estimate of drug-likeness (QED) is 0.522. The number of rotatable bonds is 6. The molecule has 0 aromatic heterocycles. The molecule has 0 amide bonds. The number of carbonyl (C=O) groups is 2. The minimum absolute atomic E-state index is 0.0754. The Hall–Kier alpha value is -0.670. The summed E-state index contributed by atoms with van der Waals surface area (Å²) in [6.45, 7) is 2.20. The van der Waals surface area contributed by atoms with Crippen molar-refractivity contribution in [3.8, 4) is 0 Å². The van der Waals surface area contributed by atoms with E-state index < -0.39 is 5.60 Å². The summed E-state index contributed by atoms with van der Waals surface area (Å²) >= 11 is 0. The van der Waals surface area contributed by atoms with E-state index in [9.17, 15) is 9.59 Å². The maximum absolute atomic E-state index is 11.2. The highest BCUT2D eigenvalue weighted by atomic mass is 31.0. The number of ether oxygens (including phenoxy) is 2. The van der Waals surface area contributed by atoms with Gasteiger partial charge in [-0.1, -0.05) is 6.92 Å². The molecule has 92 valence electrons. The monoisotopic (exact) mass is 248 g/mol. The molecular formula is C10H17O5P. The Balaban J connectivity index is 2.45. The molecule has 2 atom stereocenters. The molecule has 0 N–H and O–H groups in total. The zero-order valence-electron chi connectivity index (χ0n) is 9.36. The van der Waals surface area contributed by atoms with Crippen LogP contribution in [-0.4, -0.2) is 30.8 Å². The van der Waals surface area contributed by atoms with Crippen molar-refractivity contribution < 1.29 is 23.6 Å². The highest BCUT2D eigenvalue weighted by Gasteiger charge is 2.41. The molecule has 1 saturated heterocycles. The van der Waals surface area contributed by atoms with E-state index in [4.69, 9.17) is 14.0 Å². The largest absolute Gasteiger partial charge is 0.461 e. The lowest BCUT2D eigenvalue weighted by atomic mass is 10.0. The van der Waals surface area contributed by atoms with Crippen molar-refractivity contribution in [2.75, 3.05) is 13.2 Å². The van der Waals surface area contributed by atoms with Gasteiger partial charge >= 0.3 is 11.9 Å². The lowest BCUT2D eigenvalue weighted by Crippen LogP contribution is -2.39. The molecule has 0 saturated carbocycles. The average Bonchev–Trinajstić information content (AvgIpc) is 2.59. The Bertz CT molecular complexity index is 268. The van der Waals surface area contributed by atoms with Crippen LogP contribution in [0.4, 0.5) is 0 Å². The highest BCUT2D eigenvalue weighted by molar-refractivity contribution is 7.09. The van der Waals surface area contributed by atoms with E-state index in [1.54, 1.807) is 0 Å². The summed E-state index contributed by atoms with van der Waals surface area (Å²) in [4.78, 5) is 22.3. The van der Waals surface area contributed by atoms with Crippen molar-refractivity contribution in [2.24, 2.45) is 0 Å². The fourth-order valence-corrected chi connectivity index (χ4v) is 1.86. The Morgan fingerprint density at radius 1 is 1.56 bits per heavy atom. The summed E-state index contributed by atoms with van der Waals surface area (Å²) in [5, 5.41) is 0. The molecule has 6 heteroatoms. The van der Waals surface area contributed by atoms with Gasteiger partial charge in [0.25, 0.3) is 0 Å². The van der Waals surface area contributed by atoms with Gasteiger partial charge in [0.15, 0.2) is 5.60 Å². The van der Waals surface area contributed by atoms with Gasteiger partial charge in [0, 0.05) is 28.7 Å². The van der Waals surface area contributed by atoms with Crippen LogP contribution in [0.3, 0.4) is 0 Å². The number of hydrogen-bond donors (Lipinski definition) is 0. The van der Waals surface area contributed by atoms with E-state index in [0.29, 0.717) is 19.3 Å². The van der Waals surface area contributed by atoms with Gasteiger partial charge in [-0.15, -0.1) is 0 Å². The van der Waals surface area contributed by atoms with Crippen molar-refractivity contribution in [3.05, 3.63) is 0 Å². The second kappa shape index (κ2) is 6.16. The third-order valence-corrected chi connectivity index (χ3v) is 2.58. The number of hydrogen-bond acceptors (Lipinski definition) is 5. The van der Waals surface area contributed by atoms with Gasteiger partial charge in [0.05, 0.1) is 6.61 Å². The molecule has 0 radical (unpaired) electrons. The van der Waals surface area contributed by atoms with Crippen LogP contribution >= 0.6 is 9.47 Å². The minimum Gasteiger partial charge on any atom is -0.461 e. The van der Waals surface area contributed by atoms with E-state index in [1.807, 2.05) is 6.92 Å². The zero-order chi connectivity index (χ0) is 12.0. The lowest BCUT2D eigenvalue weighted by molar-refractivity contribution is -0.165. The lowest BCUT2D eigenvalue weighted by Gasteiger charge is -2.25. The van der Waals surface area contributed by atoms with Gasteiger partial charge in [0.2, 0.25) is 0 Å². The van der Waals surface area contributed by atoms with Crippen molar-refractivity contribution in [2.45, 2.75) is 38.2 Å². The SMILES string of the molecule is CCCC(=O)OCC1(COP)CCC(=O)O1. The van der Waals surface area contributed by atoms with Crippen molar-refractivity contribution >= 4 is 21.4 Å². The normalized spacial score (nSPS) is 24.2. The first-order valence-electron chi connectivity index (χ1n) is 5.31. The van der Waals surface area contributed by atoms with E-state index in [2.05, 4.69) is 9.47 Å². The van der Waals surface area contributed by atoms with Gasteiger partial charge in [0.1, 0.15) is 6.61 Å². The van der Waals surface area contributed by atoms with E-state index in [-0.39, 0.29) is 25.2 Å². The Morgan fingerprint density at radius 2 is 2.31 bits per heavy atom. The topological polar surface area (TPSA) is 61.8 Å². The molecule has 5 nitrogen and oxygen atoms in total. The molecule has 0 aromatic carbocycles. The molecule has 0 aromatic rings. The maximum atomic E-state index is 11.2. The fraction of sp³-hybridized carbons (Fsp3) is 0.800. The second-order valence-corrected chi connectivity index (χ2v) is 4.21. The fourth-order valence-electron chi connectivity index (χ4n) is 1.56. The Morgan fingerprint density at radius 3 is 2.81 bits per heavy atom. The molecule has 0 aliphatic carbocycles. The van der Waals surface area contributed by atoms with Gasteiger partial charge in [-0.25, -0.2) is 0 Å². The predicted molar refractivity (Wildman–Crippen MR) is 59.6 cm³/mol. The number of esters is 2. The molecule has 16 heavy (non-hydrogen) atoms. The number of cyclic esters (lactones) is 1. The van der Waals surface area contributed by atoms with Gasteiger partial charge in [-0.2, -0.15) is 0 Å². The van der Waals surface area contributed by atoms with Crippen molar-refractivity contribution in [1.82, 2.24) is 0 Å². The summed E-state index contributed by atoms with van der Waals surface area (Å²) < 4.78 is 15.1. The van der Waals surface area contributed by atoms with E-state index in [0.717, 1.165) is 6.42 Å². The van der Waals surface area contributed by atoms with Crippen LogP contribution in [-0.2, 0) is 23.6 Å². The van der Waals surface area contributed by atoms with E-state index in [1.165, 1.54) is 0 Å². The molecule has 1 heterocycles. The molecule has 1 aliphatic rings. The summed E-state index contributed by atoms with van der Waals surface area (Å²) in [6, 6.07) is 0. The van der Waals surface area contributed by atoms with Gasteiger partial charge < -0.3 is 14.0 Å². The molecule has 0 bridgehead atoms. The Labute approximate surface area is 97.1 Å². The van der Waals surface area contributed by atoms with Gasteiger partial charge in [-0.3, -0.25) is 9.59 Å². The third-order valence-electron chi connectivity index (χ3n) is 2.41. The summed E-state index contributed by atoms with van der Waals surface area (Å²) in [6.07, 6.45) is 2.00. The van der Waals surface area contributed by atoms with Gasteiger partial charge in [-0.05, 0) is 6.42 Å². The van der Waals surface area contributed by atoms with E-state index >= 15 is 0 Å². The van der Waals surface area contributed by atoms with Crippen molar-refractivity contribution in [3.63, 3.8) is 0 Å². The average molecular weight is 248 g/mol. The standard InChI is InChI=1S/C10H17O5P/c1-2-3-8(11)13-6-10(7-14-16)5-4-9(12)15-10/h2-7,16H2,1H3. The maximum Gasteiger partial charge on any atom is 0.306 e. The second-order valence-electron chi connectivity index (χ2n) is 3.88. The minimum atomic E-state index is -0.789. The van der Waals surface area contributed by atoms with Crippen LogP contribution in [0.2, 0.25) is 0 Å². The first-order chi connectivity index (χ1) is 7.62.